The van der Waals surface area contributed by atoms with E-state index in [4.69, 9.17) is 4.74 Å². The third kappa shape index (κ3) is 4.49. The van der Waals surface area contributed by atoms with Crippen molar-refractivity contribution in [3.63, 3.8) is 0 Å². The van der Waals surface area contributed by atoms with Gasteiger partial charge in [0.05, 0.1) is 0 Å². The van der Waals surface area contributed by atoms with Crippen LogP contribution in [0, 0.1) is 11.6 Å². The molecule has 2 aromatic rings. The molecule has 0 aliphatic rings. The van der Waals surface area contributed by atoms with Crippen LogP contribution in [0.25, 0.3) is 0 Å². The third-order valence-corrected chi connectivity index (χ3v) is 2.88. The Morgan fingerprint density at radius 2 is 1.90 bits per heavy atom. The summed E-state index contributed by atoms with van der Waals surface area (Å²) in [6, 6.07) is 6.35. The molecule has 21 heavy (non-hydrogen) atoms. The van der Waals surface area contributed by atoms with E-state index in [1.165, 1.54) is 12.1 Å². The summed E-state index contributed by atoms with van der Waals surface area (Å²) in [5, 5.41) is 3.11. The van der Waals surface area contributed by atoms with Crippen LogP contribution < -0.4 is 10.1 Å². The normalized spacial score (nSPS) is 10.9. The summed E-state index contributed by atoms with van der Waals surface area (Å²) < 4.78 is 33.1. The SMILES string of the molecule is CC(C)NCc1cc(F)c(OCc2cccnc2)c(F)c1. The first-order chi connectivity index (χ1) is 10.1. The monoisotopic (exact) mass is 292 g/mol. The third-order valence-electron chi connectivity index (χ3n) is 2.88. The Bertz CT molecular complexity index is 565. The van der Waals surface area contributed by atoms with Gasteiger partial charge in [-0.05, 0) is 23.8 Å². The van der Waals surface area contributed by atoms with Gasteiger partial charge in [-0.15, -0.1) is 0 Å². The number of benzene rings is 1. The molecule has 0 fully saturated rings. The van der Waals surface area contributed by atoms with Crippen molar-refractivity contribution in [2.24, 2.45) is 0 Å². The van der Waals surface area contributed by atoms with E-state index in [9.17, 15) is 8.78 Å². The van der Waals surface area contributed by atoms with Crippen LogP contribution >= 0.6 is 0 Å². The van der Waals surface area contributed by atoms with Crippen LogP contribution in [0.1, 0.15) is 25.0 Å². The van der Waals surface area contributed by atoms with E-state index in [0.717, 1.165) is 5.56 Å². The quantitative estimate of drug-likeness (QED) is 0.885. The van der Waals surface area contributed by atoms with Crippen LogP contribution in [0.3, 0.4) is 0 Å². The number of pyridine rings is 1. The fraction of sp³-hybridized carbons (Fsp3) is 0.312. The molecule has 1 heterocycles. The van der Waals surface area contributed by atoms with Gasteiger partial charge in [-0.25, -0.2) is 8.78 Å². The first kappa shape index (κ1) is 15.4. The van der Waals surface area contributed by atoms with Crippen molar-refractivity contribution < 1.29 is 13.5 Å². The second-order valence-electron chi connectivity index (χ2n) is 5.07. The Kier molecular flexibility index (Phi) is 5.22. The summed E-state index contributed by atoms with van der Waals surface area (Å²) in [4.78, 5) is 3.92. The van der Waals surface area contributed by atoms with Crippen molar-refractivity contribution in [3.05, 3.63) is 59.4 Å². The van der Waals surface area contributed by atoms with Gasteiger partial charge in [-0.1, -0.05) is 19.9 Å². The summed E-state index contributed by atoms with van der Waals surface area (Å²) in [7, 11) is 0. The van der Waals surface area contributed by atoms with E-state index >= 15 is 0 Å². The molecule has 1 aromatic heterocycles. The molecule has 0 aliphatic heterocycles. The fourth-order valence-electron chi connectivity index (χ4n) is 1.81. The van der Waals surface area contributed by atoms with Crippen LogP contribution in [0.2, 0.25) is 0 Å². The zero-order chi connectivity index (χ0) is 15.2. The molecule has 0 aliphatic carbocycles. The number of halogens is 2. The molecule has 0 amide bonds. The van der Waals surface area contributed by atoms with Gasteiger partial charge in [0, 0.05) is 30.5 Å². The molecule has 5 heteroatoms. The number of nitrogens with one attached hydrogen (secondary N) is 1. The van der Waals surface area contributed by atoms with Gasteiger partial charge in [0.2, 0.25) is 0 Å². The van der Waals surface area contributed by atoms with Crippen molar-refractivity contribution in [1.82, 2.24) is 10.3 Å². The molecule has 0 atom stereocenters. The number of aromatic nitrogens is 1. The standard InChI is InChI=1S/C16H18F2N2O/c1-11(2)20-9-13-6-14(17)16(15(18)7-13)21-10-12-4-3-5-19-8-12/h3-8,11,20H,9-10H2,1-2H3. The lowest BCUT2D eigenvalue weighted by molar-refractivity contribution is 0.273. The summed E-state index contributed by atoms with van der Waals surface area (Å²) in [6.07, 6.45) is 3.22. The first-order valence-corrected chi connectivity index (χ1v) is 6.79. The average molecular weight is 292 g/mol. The van der Waals surface area contributed by atoms with Gasteiger partial charge in [0.25, 0.3) is 0 Å². The van der Waals surface area contributed by atoms with E-state index in [1.54, 1.807) is 24.5 Å². The maximum atomic E-state index is 13.9. The number of ether oxygens (including phenoxy) is 1. The summed E-state index contributed by atoms with van der Waals surface area (Å²) in [6.45, 7) is 4.43. The average Bonchev–Trinajstić information content (AvgIpc) is 2.45. The van der Waals surface area contributed by atoms with Crippen LogP contribution in [-0.2, 0) is 13.2 Å². The van der Waals surface area contributed by atoms with Gasteiger partial charge in [0.1, 0.15) is 6.61 Å². The second-order valence-corrected chi connectivity index (χ2v) is 5.07. The van der Waals surface area contributed by atoms with Crippen LogP contribution in [0.15, 0.2) is 36.7 Å². The minimum atomic E-state index is -0.695. The molecule has 0 saturated carbocycles. The van der Waals surface area contributed by atoms with Gasteiger partial charge >= 0.3 is 0 Å². The number of hydrogen-bond acceptors (Lipinski definition) is 3. The Morgan fingerprint density at radius 1 is 1.19 bits per heavy atom. The lowest BCUT2D eigenvalue weighted by atomic mass is 10.2. The van der Waals surface area contributed by atoms with E-state index in [1.807, 2.05) is 13.8 Å². The van der Waals surface area contributed by atoms with Crippen molar-refractivity contribution in [1.29, 1.82) is 0 Å². The highest BCUT2D eigenvalue weighted by atomic mass is 19.1. The van der Waals surface area contributed by atoms with Gasteiger partial charge < -0.3 is 10.1 Å². The van der Waals surface area contributed by atoms with Crippen molar-refractivity contribution in [2.45, 2.75) is 33.0 Å². The van der Waals surface area contributed by atoms with E-state index < -0.39 is 11.6 Å². The lowest BCUT2D eigenvalue weighted by Gasteiger charge is -2.12. The maximum absolute atomic E-state index is 13.9. The zero-order valence-corrected chi connectivity index (χ0v) is 12.1. The molecule has 3 nitrogen and oxygen atoms in total. The predicted molar refractivity (Wildman–Crippen MR) is 76.9 cm³/mol. The minimum Gasteiger partial charge on any atom is -0.483 e. The highest BCUT2D eigenvalue weighted by molar-refractivity contribution is 5.31. The largest absolute Gasteiger partial charge is 0.483 e. The molecule has 0 spiro atoms. The van der Waals surface area contributed by atoms with E-state index in [2.05, 4.69) is 10.3 Å². The van der Waals surface area contributed by atoms with Crippen LogP contribution in [0.5, 0.6) is 5.75 Å². The summed E-state index contributed by atoms with van der Waals surface area (Å²) >= 11 is 0. The molecule has 0 unspecified atom stereocenters. The fourth-order valence-corrected chi connectivity index (χ4v) is 1.81. The van der Waals surface area contributed by atoms with E-state index in [0.29, 0.717) is 12.1 Å². The smallest absolute Gasteiger partial charge is 0.191 e. The first-order valence-electron chi connectivity index (χ1n) is 6.79. The van der Waals surface area contributed by atoms with E-state index in [-0.39, 0.29) is 18.4 Å². The Labute approximate surface area is 123 Å². The van der Waals surface area contributed by atoms with Crippen LogP contribution in [0.4, 0.5) is 8.78 Å². The molecular weight excluding hydrogens is 274 g/mol. The van der Waals surface area contributed by atoms with Gasteiger partial charge in [0.15, 0.2) is 17.4 Å². The molecule has 0 bridgehead atoms. The molecule has 2 rings (SSSR count). The molecule has 1 aromatic carbocycles. The molecule has 112 valence electrons. The Hall–Kier alpha value is -2.01. The highest BCUT2D eigenvalue weighted by Gasteiger charge is 2.13. The van der Waals surface area contributed by atoms with Crippen LogP contribution in [-0.4, -0.2) is 11.0 Å². The van der Waals surface area contributed by atoms with Crippen molar-refractivity contribution in [2.75, 3.05) is 0 Å². The number of hydrogen-bond donors (Lipinski definition) is 1. The molecule has 0 saturated heterocycles. The Morgan fingerprint density at radius 3 is 2.48 bits per heavy atom. The lowest BCUT2D eigenvalue weighted by Crippen LogP contribution is -2.22. The maximum Gasteiger partial charge on any atom is 0.191 e. The van der Waals surface area contributed by atoms with Gasteiger partial charge in [-0.2, -0.15) is 0 Å². The van der Waals surface area contributed by atoms with Gasteiger partial charge in [-0.3, -0.25) is 4.98 Å². The second kappa shape index (κ2) is 7.13. The minimum absolute atomic E-state index is 0.0747. The molecule has 1 N–H and O–H groups in total. The topological polar surface area (TPSA) is 34.1 Å². The highest BCUT2D eigenvalue weighted by Crippen LogP contribution is 2.24. The molecule has 0 radical (unpaired) electrons. The Balaban J connectivity index is 2.06. The summed E-state index contributed by atoms with van der Waals surface area (Å²) in [5.74, 6) is -1.74. The van der Waals surface area contributed by atoms with Crippen molar-refractivity contribution >= 4 is 0 Å². The number of nitrogens with zero attached hydrogens (tertiary/aromatic N) is 1. The molecular formula is C16H18F2N2O. The number of rotatable bonds is 6. The zero-order valence-electron chi connectivity index (χ0n) is 12.1. The summed E-state index contributed by atoms with van der Waals surface area (Å²) in [5.41, 5.74) is 1.30. The predicted octanol–water partition coefficient (Wildman–Crippen LogP) is 3.44. The van der Waals surface area contributed by atoms with Crippen molar-refractivity contribution in [3.8, 4) is 5.75 Å².